The number of alkyl halides is 3. The molecule has 1 amide bonds. The Balaban J connectivity index is 1.62. The number of nitrogens with zero attached hydrogens (tertiary/aromatic N) is 2. The summed E-state index contributed by atoms with van der Waals surface area (Å²) in [5, 5.41) is 10.2. The van der Waals surface area contributed by atoms with Gasteiger partial charge in [-0.2, -0.15) is 5.10 Å². The zero-order chi connectivity index (χ0) is 25.3. The number of nitrogens with one attached hydrogen (secondary N) is 2. The molecule has 3 aromatic rings. The zero-order valence-electron chi connectivity index (χ0n) is 19.6. The van der Waals surface area contributed by atoms with Crippen molar-refractivity contribution in [3.63, 3.8) is 0 Å². The number of hydrogen-bond donors (Lipinski definition) is 2. The van der Waals surface area contributed by atoms with Gasteiger partial charge < -0.3 is 20.1 Å². The fourth-order valence-electron chi connectivity index (χ4n) is 3.63. The smallest absolute Gasteiger partial charge is 0.270 e. The lowest BCUT2D eigenvalue weighted by atomic mass is 10.1. The first kappa shape index (κ1) is 24.2. The van der Waals surface area contributed by atoms with Gasteiger partial charge in [0.15, 0.2) is 6.23 Å². The second-order valence-electron chi connectivity index (χ2n) is 8.29. The Bertz CT molecular complexity index is 1280. The van der Waals surface area contributed by atoms with Crippen LogP contribution in [0.15, 0.2) is 54.9 Å². The molecule has 2 aromatic carbocycles. The average molecular weight is 486 g/mol. The molecular weight excluding hydrogens is 461 g/mol. The van der Waals surface area contributed by atoms with Crippen LogP contribution in [0.25, 0.3) is 11.4 Å². The second-order valence-corrected chi connectivity index (χ2v) is 8.29. The molecule has 2 heterocycles. The number of halogens is 3. The van der Waals surface area contributed by atoms with E-state index in [0.717, 1.165) is 6.92 Å². The summed E-state index contributed by atoms with van der Waals surface area (Å²) in [6.07, 6.45) is 1.29. The van der Waals surface area contributed by atoms with Gasteiger partial charge in [-0.3, -0.25) is 4.79 Å². The van der Waals surface area contributed by atoms with Gasteiger partial charge in [0.05, 0.1) is 22.6 Å². The molecule has 1 aromatic heterocycles. The van der Waals surface area contributed by atoms with Crippen molar-refractivity contribution >= 4 is 17.3 Å². The lowest BCUT2D eigenvalue weighted by Crippen LogP contribution is -2.19. The molecule has 184 valence electrons. The molecular formula is C25H25F3N4O3. The molecule has 0 saturated carbocycles. The van der Waals surface area contributed by atoms with Gasteiger partial charge in [0.1, 0.15) is 12.0 Å². The van der Waals surface area contributed by atoms with E-state index in [1.165, 1.54) is 48.3 Å². The number of aromatic nitrogens is 2. The van der Waals surface area contributed by atoms with Crippen LogP contribution in [0.1, 0.15) is 48.0 Å². The highest BCUT2D eigenvalue weighted by molar-refractivity contribution is 6.05. The maximum absolute atomic E-state index is 13.6. The lowest BCUT2D eigenvalue weighted by Gasteiger charge is -2.15. The Morgan fingerprint density at radius 2 is 2.06 bits per heavy atom. The summed E-state index contributed by atoms with van der Waals surface area (Å²) in [5.41, 5.74) is 2.53. The van der Waals surface area contributed by atoms with Crippen LogP contribution in [0.4, 0.5) is 18.9 Å². The summed E-state index contributed by atoms with van der Waals surface area (Å²) >= 11 is 0. The van der Waals surface area contributed by atoms with Crippen LogP contribution in [0.5, 0.6) is 5.75 Å². The molecule has 7 nitrogen and oxygen atoms in total. The summed E-state index contributed by atoms with van der Waals surface area (Å²) in [7, 11) is 0. The number of benzene rings is 2. The molecule has 0 bridgehead atoms. The van der Waals surface area contributed by atoms with Crippen molar-refractivity contribution in [3.8, 4) is 11.4 Å². The zero-order valence-corrected chi connectivity index (χ0v) is 19.6. The summed E-state index contributed by atoms with van der Waals surface area (Å²) < 4.78 is 53.1. The first-order chi connectivity index (χ1) is 16.5. The van der Waals surface area contributed by atoms with Crippen molar-refractivity contribution in [3.05, 3.63) is 77.3 Å². The van der Waals surface area contributed by atoms with Gasteiger partial charge in [-0.05, 0) is 44.2 Å². The SMILES string of the molecule is Cc1nn(-c2ccc(OC(C)F)c(C3=COC(C)N3)c2)cc1C(=O)Nc1cccc(C(C)(F)F)c1. The fourth-order valence-corrected chi connectivity index (χ4v) is 3.63. The third-order valence-electron chi connectivity index (χ3n) is 5.33. The maximum atomic E-state index is 13.6. The van der Waals surface area contributed by atoms with Gasteiger partial charge in [0.25, 0.3) is 11.8 Å². The van der Waals surface area contributed by atoms with Gasteiger partial charge in [-0.1, -0.05) is 12.1 Å². The van der Waals surface area contributed by atoms with E-state index in [-0.39, 0.29) is 23.0 Å². The van der Waals surface area contributed by atoms with Crippen molar-refractivity contribution in [2.24, 2.45) is 0 Å². The fraction of sp³-hybridized carbons (Fsp3) is 0.280. The van der Waals surface area contributed by atoms with Crippen molar-refractivity contribution in [1.82, 2.24) is 15.1 Å². The normalized spacial score (nSPS) is 16.2. The maximum Gasteiger partial charge on any atom is 0.270 e. The molecule has 35 heavy (non-hydrogen) atoms. The molecule has 0 fully saturated rings. The monoisotopic (exact) mass is 486 g/mol. The van der Waals surface area contributed by atoms with E-state index in [1.807, 2.05) is 6.92 Å². The third-order valence-corrected chi connectivity index (χ3v) is 5.33. The van der Waals surface area contributed by atoms with E-state index in [2.05, 4.69) is 15.7 Å². The van der Waals surface area contributed by atoms with E-state index in [1.54, 1.807) is 25.1 Å². The van der Waals surface area contributed by atoms with Crippen LogP contribution in [-0.2, 0) is 10.7 Å². The van der Waals surface area contributed by atoms with Gasteiger partial charge in [0.2, 0.25) is 6.36 Å². The van der Waals surface area contributed by atoms with Crippen molar-refractivity contribution < 1.29 is 27.4 Å². The number of carbonyl (C=O) groups excluding carboxylic acids is 1. The molecule has 0 aliphatic carbocycles. The largest absolute Gasteiger partial charge is 0.476 e. The van der Waals surface area contributed by atoms with Gasteiger partial charge in [-0.25, -0.2) is 17.9 Å². The standard InChI is InChI=1S/C25H25F3N4O3/c1-14-21(24(33)30-18-7-5-6-17(10-18)25(4,27)28)12-32(31-14)19-8-9-23(35-15(2)26)20(11-19)22-13-34-16(3)29-22/h5-13,15-16,29H,1-4H3,(H,30,33). The number of amides is 1. The van der Waals surface area contributed by atoms with E-state index in [9.17, 15) is 18.0 Å². The van der Waals surface area contributed by atoms with Crippen molar-refractivity contribution in [2.75, 3.05) is 5.32 Å². The minimum absolute atomic E-state index is 0.201. The Hall–Kier alpha value is -3.95. The Labute approximate surface area is 200 Å². The predicted molar refractivity (Wildman–Crippen MR) is 125 cm³/mol. The minimum atomic E-state index is -3.03. The topological polar surface area (TPSA) is 77.4 Å². The first-order valence-electron chi connectivity index (χ1n) is 10.9. The molecule has 1 aliphatic heterocycles. The molecule has 0 saturated heterocycles. The summed E-state index contributed by atoms with van der Waals surface area (Å²) in [4.78, 5) is 12.9. The molecule has 0 spiro atoms. The van der Waals surface area contributed by atoms with E-state index >= 15 is 0 Å². The number of aryl methyl sites for hydroxylation is 1. The minimum Gasteiger partial charge on any atom is -0.476 e. The van der Waals surface area contributed by atoms with E-state index < -0.39 is 18.2 Å². The summed E-state index contributed by atoms with van der Waals surface area (Å²) in [6.45, 7) is 5.57. The van der Waals surface area contributed by atoms with E-state index in [4.69, 9.17) is 9.47 Å². The van der Waals surface area contributed by atoms with Crippen LogP contribution in [-0.4, -0.2) is 28.3 Å². The number of rotatable bonds is 7. The van der Waals surface area contributed by atoms with Crippen LogP contribution < -0.4 is 15.4 Å². The molecule has 2 N–H and O–H groups in total. The summed E-state index contributed by atoms with van der Waals surface area (Å²) in [6, 6.07) is 10.6. The lowest BCUT2D eigenvalue weighted by molar-refractivity contribution is 0.0175. The predicted octanol–water partition coefficient (Wildman–Crippen LogP) is 5.50. The Morgan fingerprint density at radius 1 is 1.29 bits per heavy atom. The second kappa shape index (κ2) is 9.36. The molecule has 1 aliphatic rings. The molecule has 0 radical (unpaired) electrons. The van der Waals surface area contributed by atoms with Crippen LogP contribution >= 0.6 is 0 Å². The van der Waals surface area contributed by atoms with Gasteiger partial charge in [-0.15, -0.1) is 0 Å². The molecule has 4 rings (SSSR count). The van der Waals surface area contributed by atoms with Gasteiger partial charge in [0, 0.05) is 36.9 Å². The average Bonchev–Trinajstić information content (AvgIpc) is 3.39. The van der Waals surface area contributed by atoms with Crippen LogP contribution in [0.3, 0.4) is 0 Å². The quantitative estimate of drug-likeness (QED) is 0.461. The van der Waals surface area contributed by atoms with E-state index in [0.29, 0.717) is 28.4 Å². The highest BCUT2D eigenvalue weighted by Crippen LogP contribution is 2.31. The highest BCUT2D eigenvalue weighted by atomic mass is 19.3. The third kappa shape index (κ3) is 5.42. The van der Waals surface area contributed by atoms with Crippen molar-refractivity contribution in [1.29, 1.82) is 0 Å². The first-order valence-corrected chi connectivity index (χ1v) is 10.9. The van der Waals surface area contributed by atoms with Gasteiger partial charge >= 0.3 is 0 Å². The molecule has 2 atom stereocenters. The van der Waals surface area contributed by atoms with Crippen molar-refractivity contribution in [2.45, 2.75) is 46.2 Å². The van der Waals surface area contributed by atoms with Crippen LogP contribution in [0.2, 0.25) is 0 Å². The summed E-state index contributed by atoms with van der Waals surface area (Å²) in [5.74, 6) is -3.20. The Kier molecular flexibility index (Phi) is 6.47. The number of carbonyl (C=O) groups is 1. The highest BCUT2D eigenvalue weighted by Gasteiger charge is 2.25. The number of anilines is 1. The molecule has 2 unspecified atom stereocenters. The molecule has 10 heteroatoms. The number of hydrogen-bond acceptors (Lipinski definition) is 5. The Morgan fingerprint density at radius 3 is 2.71 bits per heavy atom. The number of ether oxygens (including phenoxy) is 2. The van der Waals surface area contributed by atoms with Crippen LogP contribution in [0, 0.1) is 6.92 Å².